The Kier molecular flexibility index (Phi) is 6.30. The Balaban J connectivity index is 0.00000225. The predicted octanol–water partition coefficient (Wildman–Crippen LogP) is 3.36. The van der Waals surface area contributed by atoms with E-state index in [1.807, 2.05) is 32.7 Å². The van der Waals surface area contributed by atoms with Gasteiger partial charge in [-0.2, -0.15) is 5.10 Å². The van der Waals surface area contributed by atoms with Crippen LogP contribution in [-0.4, -0.2) is 30.5 Å². The summed E-state index contributed by atoms with van der Waals surface area (Å²) >= 11 is 0. The molecule has 0 saturated carbocycles. The quantitative estimate of drug-likeness (QED) is 0.898. The van der Waals surface area contributed by atoms with Crippen LogP contribution < -0.4 is 15.0 Å². The first-order valence-electron chi connectivity index (χ1n) is 8.32. The number of ether oxygens (including phenoxy) is 1. The van der Waals surface area contributed by atoms with Gasteiger partial charge in [0.05, 0.1) is 12.3 Å². The second-order valence-corrected chi connectivity index (χ2v) is 6.51. The highest BCUT2D eigenvalue weighted by atomic mass is 35.5. The molecule has 3 rings (SSSR count). The summed E-state index contributed by atoms with van der Waals surface area (Å²) in [5, 5.41) is 8.11. The van der Waals surface area contributed by atoms with Gasteiger partial charge in [-0.15, -0.1) is 12.4 Å². The highest BCUT2D eigenvalue weighted by Gasteiger charge is 2.22. The molecule has 0 amide bonds. The summed E-state index contributed by atoms with van der Waals surface area (Å²) in [5.74, 6) is 1.64. The van der Waals surface area contributed by atoms with E-state index in [0.717, 1.165) is 35.7 Å². The molecule has 138 valence electrons. The number of nitrogens with zero attached hydrogens (tertiary/aromatic N) is 3. The van der Waals surface area contributed by atoms with E-state index in [2.05, 4.69) is 15.3 Å². The molecule has 1 aliphatic heterocycles. The smallest absolute Gasteiger partial charge is 0.130 e. The summed E-state index contributed by atoms with van der Waals surface area (Å²) in [7, 11) is 5.99. The minimum Gasteiger partial charge on any atom is -0.493 e. The fraction of sp³-hybridized carbons (Fsp3) is 0.500. The summed E-state index contributed by atoms with van der Waals surface area (Å²) in [6.07, 6.45) is 1.87. The molecule has 1 aliphatic rings. The Labute approximate surface area is 154 Å². The molecule has 0 fully saturated rings. The van der Waals surface area contributed by atoms with Gasteiger partial charge >= 0.3 is 0 Å². The number of aromatic nitrogens is 2. The van der Waals surface area contributed by atoms with Crippen LogP contribution in [0.4, 0.5) is 10.2 Å². The van der Waals surface area contributed by atoms with Gasteiger partial charge in [0.15, 0.2) is 0 Å². The van der Waals surface area contributed by atoms with Crippen LogP contribution in [0.2, 0.25) is 0 Å². The summed E-state index contributed by atoms with van der Waals surface area (Å²) in [6, 6.07) is 4.84. The summed E-state index contributed by atoms with van der Waals surface area (Å²) < 4.78 is 21.3. The number of hydrogen-bond acceptors (Lipinski definition) is 4. The maximum absolute atomic E-state index is 13.7. The van der Waals surface area contributed by atoms with Gasteiger partial charge in [0.1, 0.15) is 17.4 Å². The summed E-state index contributed by atoms with van der Waals surface area (Å²) in [6.45, 7) is 3.38. The van der Waals surface area contributed by atoms with E-state index in [4.69, 9.17) is 4.74 Å². The zero-order chi connectivity index (χ0) is 17.3. The van der Waals surface area contributed by atoms with Gasteiger partial charge in [0.2, 0.25) is 0 Å². The molecule has 0 bridgehead atoms. The van der Waals surface area contributed by atoms with Crippen molar-refractivity contribution in [3.63, 3.8) is 0 Å². The fourth-order valence-corrected chi connectivity index (χ4v) is 3.44. The Morgan fingerprint density at radius 1 is 1.40 bits per heavy atom. The van der Waals surface area contributed by atoms with Crippen LogP contribution in [-0.2, 0) is 13.6 Å². The largest absolute Gasteiger partial charge is 0.493 e. The first-order chi connectivity index (χ1) is 11.5. The summed E-state index contributed by atoms with van der Waals surface area (Å²) in [5.41, 5.74) is 3.09. The molecule has 1 aromatic carbocycles. The van der Waals surface area contributed by atoms with Crippen LogP contribution in [0.1, 0.15) is 35.7 Å². The van der Waals surface area contributed by atoms with Gasteiger partial charge in [-0.1, -0.05) is 0 Å². The lowest BCUT2D eigenvalue weighted by atomic mass is 10.0. The van der Waals surface area contributed by atoms with Crippen LogP contribution in [0, 0.1) is 12.7 Å². The third-order valence-electron chi connectivity index (χ3n) is 4.50. The number of hydrogen-bond donors (Lipinski definition) is 1. The van der Waals surface area contributed by atoms with E-state index >= 15 is 0 Å². The maximum atomic E-state index is 13.7. The molecule has 1 N–H and O–H groups in total. The van der Waals surface area contributed by atoms with Crippen molar-refractivity contribution >= 4 is 18.2 Å². The standard InChI is InChI=1S/C18H25FN4O.ClH/c1-12-15(18(22(2)3)23(4)21-12)11-20-16-6-5-9-24-17-8-7-13(19)10-14(16)17;/h7-8,10,16,20H,5-6,9,11H2,1-4H3;1H. The van der Waals surface area contributed by atoms with Gasteiger partial charge in [-0.25, -0.2) is 4.39 Å². The number of nitrogens with one attached hydrogen (secondary N) is 1. The van der Waals surface area contributed by atoms with E-state index in [9.17, 15) is 4.39 Å². The molecule has 1 aromatic heterocycles. The van der Waals surface area contributed by atoms with Gasteiger partial charge in [0.25, 0.3) is 0 Å². The fourth-order valence-electron chi connectivity index (χ4n) is 3.44. The maximum Gasteiger partial charge on any atom is 0.130 e. The first kappa shape index (κ1) is 19.5. The van der Waals surface area contributed by atoms with Crippen molar-refractivity contribution < 1.29 is 9.13 Å². The van der Waals surface area contributed by atoms with Gasteiger partial charge in [-0.3, -0.25) is 4.68 Å². The second kappa shape index (κ2) is 8.06. The third-order valence-corrected chi connectivity index (χ3v) is 4.50. The van der Waals surface area contributed by atoms with Crippen LogP contribution in [0.15, 0.2) is 18.2 Å². The van der Waals surface area contributed by atoms with Crippen LogP contribution in [0.25, 0.3) is 0 Å². The predicted molar refractivity (Wildman–Crippen MR) is 100 cm³/mol. The Hall–Kier alpha value is -1.79. The van der Waals surface area contributed by atoms with E-state index in [-0.39, 0.29) is 24.3 Å². The highest BCUT2D eigenvalue weighted by Crippen LogP contribution is 2.33. The zero-order valence-electron chi connectivity index (χ0n) is 15.2. The van der Waals surface area contributed by atoms with Crippen molar-refractivity contribution in [3.8, 4) is 5.75 Å². The lowest BCUT2D eigenvalue weighted by Gasteiger charge is -2.20. The molecule has 25 heavy (non-hydrogen) atoms. The molecule has 7 heteroatoms. The van der Waals surface area contributed by atoms with E-state index in [1.165, 1.54) is 11.6 Å². The topological polar surface area (TPSA) is 42.3 Å². The first-order valence-corrected chi connectivity index (χ1v) is 8.32. The molecule has 0 radical (unpaired) electrons. The van der Waals surface area contributed by atoms with E-state index < -0.39 is 0 Å². The molecule has 0 aliphatic carbocycles. The van der Waals surface area contributed by atoms with E-state index in [0.29, 0.717) is 13.2 Å². The van der Waals surface area contributed by atoms with Crippen molar-refractivity contribution in [3.05, 3.63) is 40.8 Å². The van der Waals surface area contributed by atoms with Crippen LogP contribution >= 0.6 is 12.4 Å². The Morgan fingerprint density at radius 2 is 2.16 bits per heavy atom. The number of anilines is 1. The van der Waals surface area contributed by atoms with Crippen molar-refractivity contribution in [2.45, 2.75) is 32.4 Å². The van der Waals surface area contributed by atoms with Crippen molar-refractivity contribution in [1.29, 1.82) is 0 Å². The summed E-state index contributed by atoms with van der Waals surface area (Å²) in [4.78, 5) is 2.07. The SMILES string of the molecule is Cc1nn(C)c(N(C)C)c1CNC1CCCOc2ccc(F)cc21.Cl. The Morgan fingerprint density at radius 3 is 2.88 bits per heavy atom. The van der Waals surface area contributed by atoms with Crippen molar-refractivity contribution in [2.24, 2.45) is 7.05 Å². The van der Waals surface area contributed by atoms with Crippen molar-refractivity contribution in [1.82, 2.24) is 15.1 Å². The number of halogens is 2. The lowest BCUT2D eigenvalue weighted by Crippen LogP contribution is -2.23. The minimum absolute atomic E-state index is 0. The van der Waals surface area contributed by atoms with Crippen molar-refractivity contribution in [2.75, 3.05) is 25.6 Å². The second-order valence-electron chi connectivity index (χ2n) is 6.51. The number of rotatable bonds is 4. The molecule has 2 heterocycles. The van der Waals surface area contributed by atoms with Gasteiger partial charge in [0, 0.05) is 44.9 Å². The minimum atomic E-state index is -0.224. The molecule has 0 saturated heterocycles. The van der Waals surface area contributed by atoms with E-state index in [1.54, 1.807) is 12.1 Å². The van der Waals surface area contributed by atoms with Gasteiger partial charge in [-0.05, 0) is 38.0 Å². The number of fused-ring (bicyclic) bond motifs is 1. The monoisotopic (exact) mass is 368 g/mol. The Bertz CT molecular complexity index is 732. The molecule has 2 aromatic rings. The average molecular weight is 369 g/mol. The molecule has 1 unspecified atom stereocenters. The number of benzene rings is 1. The molecule has 1 atom stereocenters. The average Bonchev–Trinajstić information content (AvgIpc) is 2.68. The molecule has 0 spiro atoms. The molecular formula is C18H26ClFN4O. The lowest BCUT2D eigenvalue weighted by molar-refractivity contribution is 0.315. The molecule has 5 nitrogen and oxygen atoms in total. The zero-order valence-corrected chi connectivity index (χ0v) is 16.0. The van der Waals surface area contributed by atoms with Crippen LogP contribution in [0.3, 0.4) is 0 Å². The molecular weight excluding hydrogens is 343 g/mol. The number of aryl methyl sites for hydroxylation is 2. The third kappa shape index (κ3) is 4.07. The normalized spacial score (nSPS) is 16.4. The van der Waals surface area contributed by atoms with Crippen LogP contribution in [0.5, 0.6) is 5.75 Å². The van der Waals surface area contributed by atoms with Gasteiger partial charge < -0.3 is 15.0 Å². The highest BCUT2D eigenvalue weighted by molar-refractivity contribution is 5.85.